The highest BCUT2D eigenvalue weighted by molar-refractivity contribution is 7.87. The maximum absolute atomic E-state index is 13.0. The fourth-order valence-corrected chi connectivity index (χ4v) is 5.67. The molecule has 2 aliphatic heterocycles. The third-order valence-electron chi connectivity index (χ3n) is 5.13. The number of nitrogens with zero attached hydrogens (tertiary/aromatic N) is 1. The molecule has 1 aromatic carbocycles. The molecule has 2 aliphatic rings. The number of amides is 3. The van der Waals surface area contributed by atoms with E-state index in [2.05, 4.69) is 10.6 Å². The molecule has 0 aliphatic carbocycles. The highest BCUT2D eigenvalue weighted by Gasteiger charge is 2.76. The van der Waals surface area contributed by atoms with E-state index in [-0.39, 0.29) is 6.41 Å². The Hall–Kier alpha value is -2.79. The van der Waals surface area contributed by atoms with Gasteiger partial charge in [0.2, 0.25) is 18.0 Å². The van der Waals surface area contributed by atoms with Crippen LogP contribution >= 0.6 is 0 Å². The molecule has 5 atom stereocenters. The number of nitrogens with two attached hydrogens (primary N) is 1. The molecular weight excluding hydrogens is 388 g/mol. The van der Waals surface area contributed by atoms with E-state index in [4.69, 9.17) is 5.73 Å². The average molecular weight is 408 g/mol. The summed E-state index contributed by atoms with van der Waals surface area (Å²) >= 11 is 0. The monoisotopic (exact) mass is 408 g/mol. The van der Waals surface area contributed by atoms with Crippen molar-refractivity contribution >= 4 is 35.0 Å². The lowest BCUT2D eigenvalue weighted by molar-refractivity contribution is -0.172. The maximum Gasteiger partial charge on any atom is 0.328 e. The van der Waals surface area contributed by atoms with Gasteiger partial charge in [0, 0.05) is 0 Å². The van der Waals surface area contributed by atoms with Gasteiger partial charge in [-0.1, -0.05) is 30.3 Å². The van der Waals surface area contributed by atoms with Crippen LogP contribution in [0.1, 0.15) is 25.5 Å². The Bertz CT molecular complexity index is 876. The van der Waals surface area contributed by atoms with Crippen molar-refractivity contribution in [2.75, 3.05) is 0 Å². The van der Waals surface area contributed by atoms with Crippen molar-refractivity contribution in [2.45, 2.75) is 41.7 Å². The summed E-state index contributed by atoms with van der Waals surface area (Å²) in [6.07, 6.45) is 0.196. The largest absolute Gasteiger partial charge is 0.480 e. The number of β-lactam (4-membered cyclic amide) rings is 1. The molecular formula is C17H20N4O6S. The fourth-order valence-electron chi connectivity index (χ4n) is 3.68. The number of carboxylic acids is 1. The van der Waals surface area contributed by atoms with Crippen molar-refractivity contribution in [3.63, 3.8) is 0 Å². The zero-order chi connectivity index (χ0) is 20.9. The molecule has 0 spiro atoms. The van der Waals surface area contributed by atoms with Crippen molar-refractivity contribution in [3.8, 4) is 0 Å². The highest BCUT2D eigenvalue weighted by Crippen LogP contribution is 2.47. The first-order valence-corrected chi connectivity index (χ1v) is 9.61. The van der Waals surface area contributed by atoms with Gasteiger partial charge in [0.15, 0.2) is 5.37 Å². The van der Waals surface area contributed by atoms with Crippen molar-refractivity contribution in [2.24, 2.45) is 5.73 Å². The number of aliphatic carboxylic acids is 1. The van der Waals surface area contributed by atoms with Gasteiger partial charge in [-0.3, -0.25) is 18.6 Å². The molecule has 3 rings (SSSR count). The normalized spacial score (nSPS) is 31.3. The molecule has 28 heavy (non-hydrogen) atoms. The smallest absolute Gasteiger partial charge is 0.328 e. The van der Waals surface area contributed by atoms with Crippen LogP contribution in [0, 0.1) is 0 Å². The maximum atomic E-state index is 13.0. The van der Waals surface area contributed by atoms with Gasteiger partial charge in [-0.15, -0.1) is 0 Å². The summed E-state index contributed by atoms with van der Waals surface area (Å²) in [7, 11) is -1.89. The van der Waals surface area contributed by atoms with Gasteiger partial charge in [-0.25, -0.2) is 4.79 Å². The molecule has 5 N–H and O–H groups in total. The van der Waals surface area contributed by atoms with Crippen LogP contribution in [0.2, 0.25) is 0 Å². The summed E-state index contributed by atoms with van der Waals surface area (Å²) in [4.78, 5) is 49.3. The van der Waals surface area contributed by atoms with E-state index in [9.17, 15) is 28.5 Å². The lowest BCUT2D eigenvalue weighted by Crippen LogP contribution is -2.86. The van der Waals surface area contributed by atoms with Gasteiger partial charge in [-0.2, -0.15) is 0 Å². The van der Waals surface area contributed by atoms with Crippen LogP contribution in [0.25, 0.3) is 0 Å². The average Bonchev–Trinajstić information content (AvgIpc) is 2.86. The van der Waals surface area contributed by atoms with Crippen LogP contribution in [-0.2, 0) is 30.0 Å². The summed E-state index contributed by atoms with van der Waals surface area (Å²) in [6, 6.07) is 5.85. The molecule has 2 saturated heterocycles. The molecule has 0 bridgehead atoms. The van der Waals surface area contributed by atoms with Crippen molar-refractivity contribution in [3.05, 3.63) is 35.9 Å². The van der Waals surface area contributed by atoms with E-state index in [1.165, 1.54) is 13.8 Å². The zero-order valence-electron chi connectivity index (χ0n) is 15.1. The molecule has 2 fully saturated rings. The number of hydrogen-bond donors (Lipinski definition) is 4. The van der Waals surface area contributed by atoms with E-state index in [0.29, 0.717) is 5.56 Å². The number of hydrogen-bond acceptors (Lipinski definition) is 6. The lowest BCUT2D eigenvalue weighted by atomic mass is 9.91. The number of rotatable bonds is 6. The standard InChI is InChI=1S/C17H20N4O6S/c1-16(2)11(13(24)25)21-14(26)17(19-8-22,15(21)28(16)27)20-12(23)10(18)9-6-4-3-5-7-9/h3-8,10-11,15H,18H2,1-2H3,(H,19,22)(H,20,23)(H,24,25)/t10?,11-,15+,17+,28?/m0/s1. The number of carbonyl (C=O) groups is 4. The Morgan fingerprint density at radius 1 is 1.32 bits per heavy atom. The summed E-state index contributed by atoms with van der Waals surface area (Å²) in [5.41, 5.74) is 4.40. The van der Waals surface area contributed by atoms with E-state index in [1.807, 2.05) is 0 Å². The molecule has 150 valence electrons. The van der Waals surface area contributed by atoms with Crippen LogP contribution in [0.15, 0.2) is 30.3 Å². The summed E-state index contributed by atoms with van der Waals surface area (Å²) in [5, 5.41) is 12.9. The van der Waals surface area contributed by atoms with Gasteiger partial charge in [0.1, 0.15) is 12.1 Å². The van der Waals surface area contributed by atoms with Crippen molar-refractivity contribution in [1.82, 2.24) is 15.5 Å². The topological polar surface area (TPSA) is 159 Å². The van der Waals surface area contributed by atoms with Crippen LogP contribution in [0.5, 0.6) is 0 Å². The lowest BCUT2D eigenvalue weighted by Gasteiger charge is -2.52. The van der Waals surface area contributed by atoms with E-state index >= 15 is 0 Å². The number of carbonyl (C=O) groups excluding carboxylic acids is 3. The predicted molar refractivity (Wildman–Crippen MR) is 97.7 cm³/mol. The Morgan fingerprint density at radius 2 is 1.93 bits per heavy atom. The fraction of sp³-hybridized carbons (Fsp3) is 0.412. The molecule has 0 radical (unpaired) electrons. The second-order valence-electron chi connectivity index (χ2n) is 7.15. The molecule has 0 aromatic heterocycles. The first kappa shape index (κ1) is 20.0. The summed E-state index contributed by atoms with van der Waals surface area (Å²) in [6.45, 7) is 2.91. The van der Waals surface area contributed by atoms with Gasteiger partial charge < -0.3 is 26.4 Å². The first-order valence-electron chi connectivity index (χ1n) is 8.39. The minimum Gasteiger partial charge on any atom is -0.480 e. The Labute approximate surface area is 162 Å². The zero-order valence-corrected chi connectivity index (χ0v) is 15.9. The third-order valence-corrected chi connectivity index (χ3v) is 7.38. The molecule has 1 aromatic rings. The minimum absolute atomic E-state index is 0.196. The Morgan fingerprint density at radius 3 is 2.46 bits per heavy atom. The van der Waals surface area contributed by atoms with Crippen molar-refractivity contribution in [1.29, 1.82) is 0 Å². The van der Waals surface area contributed by atoms with Gasteiger partial charge in [-0.05, 0) is 19.4 Å². The second kappa shape index (κ2) is 6.67. The Kier molecular flexibility index (Phi) is 4.76. The molecule has 11 heteroatoms. The van der Waals surface area contributed by atoms with Gasteiger partial charge >= 0.3 is 5.97 Å². The number of carboxylic acid groups (broad SMARTS) is 1. The molecule has 0 saturated carbocycles. The molecule has 2 unspecified atom stereocenters. The number of fused-ring (bicyclic) bond motifs is 1. The molecule has 2 heterocycles. The highest BCUT2D eigenvalue weighted by atomic mass is 32.2. The first-order chi connectivity index (χ1) is 13.1. The van der Waals surface area contributed by atoms with Crippen molar-refractivity contribution < 1.29 is 28.5 Å². The SMILES string of the molecule is CC1(C)[C@H](C(=O)O)N2C(=O)[C@@](NC=O)(NC(=O)C(N)c3ccccc3)[C@H]2S1=O. The minimum atomic E-state index is -2.02. The molecule has 3 amide bonds. The van der Waals surface area contributed by atoms with Crippen LogP contribution in [0.4, 0.5) is 0 Å². The van der Waals surface area contributed by atoms with E-state index in [0.717, 1.165) is 4.90 Å². The number of benzene rings is 1. The van der Waals surface area contributed by atoms with Crippen LogP contribution < -0.4 is 16.4 Å². The third kappa shape index (κ3) is 2.61. The Balaban J connectivity index is 1.95. The number of nitrogens with one attached hydrogen (secondary N) is 2. The predicted octanol–water partition coefficient (Wildman–Crippen LogP) is -1.59. The second-order valence-corrected chi connectivity index (χ2v) is 9.25. The van der Waals surface area contributed by atoms with Crippen LogP contribution in [-0.4, -0.2) is 60.2 Å². The van der Waals surface area contributed by atoms with Crippen LogP contribution in [0.3, 0.4) is 0 Å². The molecule has 10 nitrogen and oxygen atoms in total. The van der Waals surface area contributed by atoms with Gasteiger partial charge in [0.05, 0.1) is 15.5 Å². The quantitative estimate of drug-likeness (QED) is 0.251. The van der Waals surface area contributed by atoms with E-state index in [1.54, 1.807) is 30.3 Å². The van der Waals surface area contributed by atoms with Gasteiger partial charge in [0.25, 0.3) is 5.91 Å². The van der Waals surface area contributed by atoms with E-state index < -0.39 is 56.5 Å². The summed E-state index contributed by atoms with van der Waals surface area (Å²) in [5.74, 6) is -2.95. The summed E-state index contributed by atoms with van der Waals surface area (Å²) < 4.78 is 11.7.